The van der Waals surface area contributed by atoms with Crippen LogP contribution in [0.3, 0.4) is 0 Å². The van der Waals surface area contributed by atoms with Gasteiger partial charge in [0.1, 0.15) is 12.0 Å². The molecule has 2 rings (SSSR count). The Balaban J connectivity index is 2.07. The highest BCUT2D eigenvalue weighted by molar-refractivity contribution is 6.33. The standard InChI is InChI=1S/C13H16ClN3O4/c14-11-6-10(17(20)21)7-15-13(11)16-5-1-2-9(8-16)3-4-12(18)19/h6-7,9H,1-5,8H2,(H,18,19). The van der Waals surface area contributed by atoms with Gasteiger partial charge in [0.25, 0.3) is 5.69 Å². The van der Waals surface area contributed by atoms with Gasteiger partial charge < -0.3 is 10.0 Å². The van der Waals surface area contributed by atoms with E-state index in [1.54, 1.807) is 0 Å². The molecule has 0 aromatic carbocycles. The summed E-state index contributed by atoms with van der Waals surface area (Å²) < 4.78 is 0. The largest absolute Gasteiger partial charge is 0.481 e. The first-order chi connectivity index (χ1) is 9.97. The van der Waals surface area contributed by atoms with E-state index in [9.17, 15) is 14.9 Å². The van der Waals surface area contributed by atoms with Gasteiger partial charge in [-0.2, -0.15) is 0 Å². The SMILES string of the molecule is O=C(O)CCC1CCCN(c2ncc([N+](=O)[O-])cc2Cl)C1. The van der Waals surface area contributed by atoms with Crippen LogP contribution in [0.1, 0.15) is 25.7 Å². The molecular formula is C13H16ClN3O4. The zero-order valence-corrected chi connectivity index (χ0v) is 12.1. The molecule has 1 aliphatic heterocycles. The number of pyridine rings is 1. The average Bonchev–Trinajstić information content (AvgIpc) is 2.45. The number of anilines is 1. The fourth-order valence-corrected chi connectivity index (χ4v) is 2.85. The highest BCUT2D eigenvalue weighted by atomic mass is 35.5. The maximum atomic E-state index is 10.7. The van der Waals surface area contributed by atoms with Crippen molar-refractivity contribution in [2.24, 2.45) is 5.92 Å². The fraction of sp³-hybridized carbons (Fsp3) is 0.538. The van der Waals surface area contributed by atoms with Crippen molar-refractivity contribution in [1.82, 2.24) is 4.98 Å². The molecule has 1 aliphatic rings. The number of nitrogens with zero attached hydrogens (tertiary/aromatic N) is 3. The van der Waals surface area contributed by atoms with Crippen molar-refractivity contribution in [3.63, 3.8) is 0 Å². The number of hydrogen-bond acceptors (Lipinski definition) is 5. The van der Waals surface area contributed by atoms with E-state index in [1.165, 1.54) is 12.3 Å². The average molecular weight is 314 g/mol. The van der Waals surface area contributed by atoms with Crippen LogP contribution < -0.4 is 4.90 Å². The van der Waals surface area contributed by atoms with E-state index in [2.05, 4.69) is 4.98 Å². The minimum atomic E-state index is -0.793. The summed E-state index contributed by atoms with van der Waals surface area (Å²) in [5.74, 6) is 0.0174. The van der Waals surface area contributed by atoms with Gasteiger partial charge in [0.05, 0.1) is 9.95 Å². The van der Waals surface area contributed by atoms with E-state index < -0.39 is 10.9 Å². The van der Waals surface area contributed by atoms with Crippen LogP contribution in [-0.2, 0) is 4.79 Å². The Labute approximate surface area is 126 Å². The van der Waals surface area contributed by atoms with E-state index in [0.29, 0.717) is 18.8 Å². The lowest BCUT2D eigenvalue weighted by Gasteiger charge is -2.33. The number of carboxylic acids is 1. The smallest absolute Gasteiger partial charge is 0.303 e. The van der Waals surface area contributed by atoms with E-state index in [1.807, 2.05) is 4.90 Å². The molecule has 21 heavy (non-hydrogen) atoms. The molecule has 0 radical (unpaired) electrons. The van der Waals surface area contributed by atoms with Gasteiger partial charge >= 0.3 is 5.97 Å². The molecule has 1 fully saturated rings. The van der Waals surface area contributed by atoms with Gasteiger partial charge in [0.2, 0.25) is 0 Å². The van der Waals surface area contributed by atoms with Crippen LogP contribution >= 0.6 is 11.6 Å². The molecule has 0 saturated carbocycles. The Kier molecular flexibility index (Phi) is 4.95. The molecule has 0 spiro atoms. The highest BCUT2D eigenvalue weighted by Crippen LogP contribution is 2.31. The fourth-order valence-electron chi connectivity index (χ4n) is 2.57. The second-order valence-electron chi connectivity index (χ2n) is 5.14. The number of piperidine rings is 1. The lowest BCUT2D eigenvalue weighted by Crippen LogP contribution is -2.36. The molecule has 0 bridgehead atoms. The molecule has 1 aromatic rings. The minimum absolute atomic E-state index is 0.136. The van der Waals surface area contributed by atoms with E-state index >= 15 is 0 Å². The van der Waals surface area contributed by atoms with Crippen LogP contribution in [0.2, 0.25) is 5.02 Å². The van der Waals surface area contributed by atoms with Crippen LogP contribution in [0.25, 0.3) is 0 Å². The number of rotatable bonds is 5. The van der Waals surface area contributed by atoms with E-state index in [4.69, 9.17) is 16.7 Å². The summed E-state index contributed by atoms with van der Waals surface area (Å²) in [6, 6.07) is 1.30. The van der Waals surface area contributed by atoms with Gasteiger partial charge in [-0.15, -0.1) is 0 Å². The van der Waals surface area contributed by atoms with Crippen LogP contribution in [-0.4, -0.2) is 34.1 Å². The van der Waals surface area contributed by atoms with E-state index in [0.717, 1.165) is 19.4 Å². The number of hydrogen-bond donors (Lipinski definition) is 1. The van der Waals surface area contributed by atoms with Crippen molar-refractivity contribution in [1.29, 1.82) is 0 Å². The Hall–Kier alpha value is -1.89. The lowest BCUT2D eigenvalue weighted by atomic mass is 9.93. The van der Waals surface area contributed by atoms with Crippen molar-refractivity contribution >= 4 is 29.1 Å². The first kappa shape index (κ1) is 15.5. The zero-order valence-electron chi connectivity index (χ0n) is 11.4. The molecular weight excluding hydrogens is 298 g/mol. The Bertz CT molecular complexity index is 552. The van der Waals surface area contributed by atoms with Crippen molar-refractivity contribution in [3.8, 4) is 0 Å². The highest BCUT2D eigenvalue weighted by Gasteiger charge is 2.24. The first-order valence-corrected chi connectivity index (χ1v) is 7.12. The molecule has 7 nitrogen and oxygen atoms in total. The third-order valence-electron chi connectivity index (χ3n) is 3.60. The summed E-state index contributed by atoms with van der Waals surface area (Å²) in [4.78, 5) is 26.8. The van der Waals surface area contributed by atoms with Gasteiger partial charge in [-0.1, -0.05) is 11.6 Å². The zero-order chi connectivity index (χ0) is 15.4. The van der Waals surface area contributed by atoms with Crippen LogP contribution in [0.15, 0.2) is 12.3 Å². The number of nitro groups is 1. The summed E-state index contributed by atoms with van der Waals surface area (Å²) in [5.41, 5.74) is -0.136. The Morgan fingerprint density at radius 3 is 3.00 bits per heavy atom. The predicted molar refractivity (Wildman–Crippen MR) is 77.7 cm³/mol. The number of carbonyl (C=O) groups is 1. The van der Waals surface area contributed by atoms with Crippen molar-refractivity contribution in [2.45, 2.75) is 25.7 Å². The van der Waals surface area contributed by atoms with Gasteiger partial charge in [-0.3, -0.25) is 14.9 Å². The molecule has 1 atom stereocenters. The predicted octanol–water partition coefficient (Wildman–Crippen LogP) is 2.72. The summed E-state index contributed by atoms with van der Waals surface area (Å²) >= 11 is 6.08. The van der Waals surface area contributed by atoms with Gasteiger partial charge in [0, 0.05) is 25.6 Å². The molecule has 1 aromatic heterocycles. The summed E-state index contributed by atoms with van der Waals surface area (Å²) in [6.07, 6.45) is 3.88. The van der Waals surface area contributed by atoms with Crippen molar-refractivity contribution < 1.29 is 14.8 Å². The number of halogens is 1. The lowest BCUT2D eigenvalue weighted by molar-refractivity contribution is -0.385. The second-order valence-corrected chi connectivity index (χ2v) is 5.55. The van der Waals surface area contributed by atoms with Crippen molar-refractivity contribution in [3.05, 3.63) is 27.4 Å². The summed E-state index contributed by atoms with van der Waals surface area (Å²) in [5, 5.41) is 19.7. The number of aromatic nitrogens is 1. The normalized spacial score (nSPS) is 18.5. The summed E-state index contributed by atoms with van der Waals surface area (Å²) in [7, 11) is 0. The van der Waals surface area contributed by atoms with Crippen LogP contribution in [0.4, 0.5) is 11.5 Å². The summed E-state index contributed by atoms with van der Waals surface area (Å²) in [6.45, 7) is 1.45. The molecule has 0 amide bonds. The monoisotopic (exact) mass is 313 g/mol. The molecule has 1 N–H and O–H groups in total. The van der Waals surface area contributed by atoms with Gasteiger partial charge in [-0.25, -0.2) is 4.98 Å². The van der Waals surface area contributed by atoms with Crippen LogP contribution in [0, 0.1) is 16.0 Å². The van der Waals surface area contributed by atoms with Gasteiger partial charge in [0.15, 0.2) is 0 Å². The molecule has 0 aliphatic carbocycles. The number of aliphatic carboxylic acids is 1. The number of carboxylic acid groups (broad SMARTS) is 1. The third kappa shape index (κ3) is 4.04. The van der Waals surface area contributed by atoms with E-state index in [-0.39, 0.29) is 23.0 Å². The third-order valence-corrected chi connectivity index (χ3v) is 3.88. The van der Waals surface area contributed by atoms with Crippen LogP contribution in [0.5, 0.6) is 0 Å². The topological polar surface area (TPSA) is 96.6 Å². The maximum Gasteiger partial charge on any atom is 0.303 e. The Morgan fingerprint density at radius 1 is 1.62 bits per heavy atom. The Morgan fingerprint density at radius 2 is 2.38 bits per heavy atom. The minimum Gasteiger partial charge on any atom is -0.481 e. The quantitative estimate of drug-likeness (QED) is 0.663. The molecule has 2 heterocycles. The van der Waals surface area contributed by atoms with Gasteiger partial charge in [-0.05, 0) is 25.2 Å². The molecule has 1 unspecified atom stereocenters. The second kappa shape index (κ2) is 6.71. The molecule has 1 saturated heterocycles. The molecule has 114 valence electrons. The molecule has 8 heteroatoms. The first-order valence-electron chi connectivity index (χ1n) is 6.74. The van der Waals surface area contributed by atoms with Crippen molar-refractivity contribution in [2.75, 3.05) is 18.0 Å². The maximum absolute atomic E-state index is 10.7.